The van der Waals surface area contributed by atoms with Crippen molar-refractivity contribution in [3.63, 3.8) is 0 Å². The Morgan fingerprint density at radius 1 is 1.33 bits per heavy atom. The Morgan fingerprint density at radius 3 is 2.62 bits per heavy atom. The molecule has 1 heterocycles. The summed E-state index contributed by atoms with van der Waals surface area (Å²) in [6, 6.07) is 7.25. The molecule has 1 aromatic rings. The maximum atomic E-state index is 6.49. The minimum absolute atomic E-state index is 0.493. The molecule has 0 amide bonds. The molecule has 118 valence electrons. The summed E-state index contributed by atoms with van der Waals surface area (Å²) in [6.45, 7) is 11.2. The lowest BCUT2D eigenvalue weighted by molar-refractivity contribution is 0.310. The highest BCUT2D eigenvalue weighted by Gasteiger charge is 2.31. The number of benzene rings is 1. The number of hydrogen-bond donors (Lipinski definition) is 1. The number of hydrogen-bond acceptors (Lipinski definition) is 2. The third-order valence-electron chi connectivity index (χ3n) is 4.18. The maximum absolute atomic E-state index is 6.49. The van der Waals surface area contributed by atoms with Gasteiger partial charge in [0.05, 0.1) is 10.7 Å². The van der Waals surface area contributed by atoms with Crippen LogP contribution in [0.25, 0.3) is 0 Å². The number of anilines is 1. The van der Waals surface area contributed by atoms with Crippen molar-refractivity contribution in [1.82, 2.24) is 5.32 Å². The van der Waals surface area contributed by atoms with Crippen LogP contribution in [-0.2, 0) is 0 Å². The Bertz CT molecular complexity index is 476. The molecule has 1 aliphatic rings. The molecular formula is C17H26BrClN2. The molecule has 1 saturated heterocycles. The van der Waals surface area contributed by atoms with Crippen molar-refractivity contribution in [3.05, 3.63) is 27.7 Å². The van der Waals surface area contributed by atoms with E-state index in [-0.39, 0.29) is 0 Å². The van der Waals surface area contributed by atoms with Crippen LogP contribution in [0, 0.1) is 11.8 Å². The van der Waals surface area contributed by atoms with Crippen LogP contribution in [0.3, 0.4) is 0 Å². The molecule has 0 aliphatic carbocycles. The minimum Gasteiger partial charge on any atom is -0.364 e. The van der Waals surface area contributed by atoms with Gasteiger partial charge in [0.2, 0.25) is 0 Å². The largest absolute Gasteiger partial charge is 0.364 e. The number of piperazine rings is 1. The molecule has 21 heavy (non-hydrogen) atoms. The van der Waals surface area contributed by atoms with Gasteiger partial charge in [-0.15, -0.1) is 0 Å². The topological polar surface area (TPSA) is 15.3 Å². The van der Waals surface area contributed by atoms with Gasteiger partial charge >= 0.3 is 0 Å². The summed E-state index contributed by atoms with van der Waals surface area (Å²) >= 11 is 9.99. The van der Waals surface area contributed by atoms with Crippen molar-refractivity contribution < 1.29 is 0 Å². The molecule has 1 aromatic carbocycles. The highest BCUT2D eigenvalue weighted by molar-refractivity contribution is 9.10. The summed E-state index contributed by atoms with van der Waals surface area (Å²) in [6.07, 6.45) is 1.20. The van der Waals surface area contributed by atoms with E-state index in [2.05, 4.69) is 66.0 Å². The van der Waals surface area contributed by atoms with Crippen molar-refractivity contribution in [1.29, 1.82) is 0 Å². The summed E-state index contributed by atoms with van der Waals surface area (Å²) in [5.74, 6) is 1.30. The summed E-state index contributed by atoms with van der Waals surface area (Å²) in [5, 5.41) is 4.55. The van der Waals surface area contributed by atoms with E-state index in [0.29, 0.717) is 23.9 Å². The van der Waals surface area contributed by atoms with E-state index in [4.69, 9.17) is 11.6 Å². The monoisotopic (exact) mass is 372 g/mol. The molecule has 0 saturated carbocycles. The Kier molecular flexibility index (Phi) is 5.98. The van der Waals surface area contributed by atoms with Gasteiger partial charge in [-0.1, -0.05) is 55.2 Å². The summed E-state index contributed by atoms with van der Waals surface area (Å²) in [4.78, 5) is 2.50. The summed E-state index contributed by atoms with van der Waals surface area (Å²) in [5.41, 5.74) is 1.16. The molecule has 0 bridgehead atoms. The zero-order valence-corrected chi connectivity index (χ0v) is 15.7. The fraction of sp³-hybridized carbons (Fsp3) is 0.647. The molecular weight excluding hydrogens is 348 g/mol. The van der Waals surface area contributed by atoms with Gasteiger partial charge in [0.15, 0.2) is 0 Å². The van der Waals surface area contributed by atoms with Crippen LogP contribution >= 0.6 is 27.5 Å². The second kappa shape index (κ2) is 7.34. The minimum atomic E-state index is 0.493. The Labute approximate surface area is 142 Å². The number of rotatable bonds is 4. The molecule has 2 atom stereocenters. The molecule has 0 spiro atoms. The van der Waals surface area contributed by atoms with Gasteiger partial charge in [0.1, 0.15) is 0 Å². The number of nitrogens with one attached hydrogen (secondary N) is 1. The smallest absolute Gasteiger partial charge is 0.0650 e. The van der Waals surface area contributed by atoms with Gasteiger partial charge in [-0.3, -0.25) is 0 Å². The summed E-state index contributed by atoms with van der Waals surface area (Å²) < 4.78 is 1.03. The van der Waals surface area contributed by atoms with E-state index in [0.717, 1.165) is 28.3 Å². The highest BCUT2D eigenvalue weighted by Crippen LogP contribution is 2.33. The van der Waals surface area contributed by atoms with Crippen LogP contribution in [0.15, 0.2) is 22.7 Å². The standard InChI is InChI=1S/C17H26BrClN2/c1-11(2)7-14-10-21(17(9-20-14)12(3)4)16-6-5-13(18)8-15(16)19/h5-6,8,11-12,14,17,20H,7,9-10H2,1-4H3. The van der Waals surface area contributed by atoms with Gasteiger partial charge in [0, 0.05) is 29.6 Å². The van der Waals surface area contributed by atoms with Crippen LogP contribution in [0.5, 0.6) is 0 Å². The van der Waals surface area contributed by atoms with E-state index < -0.39 is 0 Å². The molecule has 2 unspecified atom stereocenters. The van der Waals surface area contributed by atoms with Crippen molar-refractivity contribution >= 4 is 33.2 Å². The van der Waals surface area contributed by atoms with E-state index in [1.165, 1.54) is 6.42 Å². The van der Waals surface area contributed by atoms with Crippen LogP contribution < -0.4 is 10.2 Å². The SMILES string of the molecule is CC(C)CC1CN(c2ccc(Br)cc2Cl)C(C(C)C)CN1. The molecule has 0 radical (unpaired) electrons. The van der Waals surface area contributed by atoms with Gasteiger partial charge in [-0.05, 0) is 36.5 Å². The first-order valence-electron chi connectivity index (χ1n) is 7.83. The van der Waals surface area contributed by atoms with E-state index in [1.807, 2.05) is 6.07 Å². The molecule has 1 N–H and O–H groups in total. The Hall–Kier alpha value is -0.250. The third kappa shape index (κ3) is 4.37. The number of nitrogens with zero attached hydrogens (tertiary/aromatic N) is 1. The molecule has 1 aliphatic heterocycles. The van der Waals surface area contributed by atoms with Crippen molar-refractivity contribution in [3.8, 4) is 0 Å². The van der Waals surface area contributed by atoms with E-state index in [9.17, 15) is 0 Å². The van der Waals surface area contributed by atoms with Gasteiger partial charge in [-0.2, -0.15) is 0 Å². The van der Waals surface area contributed by atoms with Crippen molar-refractivity contribution in [2.24, 2.45) is 11.8 Å². The van der Waals surface area contributed by atoms with Gasteiger partial charge < -0.3 is 10.2 Å². The quantitative estimate of drug-likeness (QED) is 0.803. The van der Waals surface area contributed by atoms with Crippen LogP contribution in [0.2, 0.25) is 5.02 Å². The molecule has 4 heteroatoms. The average molecular weight is 374 g/mol. The van der Waals surface area contributed by atoms with Crippen LogP contribution in [0.4, 0.5) is 5.69 Å². The number of halogens is 2. The molecule has 1 fully saturated rings. The second-order valence-electron chi connectivity index (χ2n) is 6.79. The first-order valence-corrected chi connectivity index (χ1v) is 9.00. The first kappa shape index (κ1) is 17.1. The molecule has 2 nitrogen and oxygen atoms in total. The van der Waals surface area contributed by atoms with Gasteiger partial charge in [-0.25, -0.2) is 0 Å². The lowest BCUT2D eigenvalue weighted by atomic mass is 9.94. The predicted molar refractivity (Wildman–Crippen MR) is 96.4 cm³/mol. The fourth-order valence-corrected chi connectivity index (χ4v) is 3.93. The van der Waals surface area contributed by atoms with Crippen LogP contribution in [0.1, 0.15) is 34.1 Å². The molecule has 0 aromatic heterocycles. The zero-order valence-electron chi connectivity index (χ0n) is 13.4. The van der Waals surface area contributed by atoms with Crippen molar-refractivity contribution in [2.45, 2.75) is 46.2 Å². The maximum Gasteiger partial charge on any atom is 0.0650 e. The van der Waals surface area contributed by atoms with E-state index in [1.54, 1.807) is 0 Å². The predicted octanol–water partition coefficient (Wildman–Crippen LogP) is 4.95. The Balaban J connectivity index is 2.25. The Morgan fingerprint density at radius 2 is 2.05 bits per heavy atom. The second-order valence-corrected chi connectivity index (χ2v) is 8.12. The summed E-state index contributed by atoms with van der Waals surface area (Å²) in [7, 11) is 0. The lowest BCUT2D eigenvalue weighted by Gasteiger charge is -2.44. The fourth-order valence-electron chi connectivity index (χ4n) is 3.15. The zero-order chi connectivity index (χ0) is 15.6. The normalized spacial score (nSPS) is 23.1. The molecule has 2 rings (SSSR count). The van der Waals surface area contributed by atoms with Gasteiger partial charge in [0.25, 0.3) is 0 Å². The highest BCUT2D eigenvalue weighted by atomic mass is 79.9. The first-order chi connectivity index (χ1) is 9.88. The van der Waals surface area contributed by atoms with Crippen molar-refractivity contribution in [2.75, 3.05) is 18.0 Å². The van der Waals surface area contributed by atoms with E-state index >= 15 is 0 Å². The van der Waals surface area contributed by atoms with Crippen LogP contribution in [-0.4, -0.2) is 25.2 Å². The average Bonchev–Trinajstić information content (AvgIpc) is 2.37. The lowest BCUT2D eigenvalue weighted by Crippen LogP contribution is -2.58. The third-order valence-corrected chi connectivity index (χ3v) is 4.97.